The van der Waals surface area contributed by atoms with E-state index in [0.717, 1.165) is 12.1 Å². The maximum Gasteiger partial charge on any atom is 0.345 e. The molecular formula is C7H6NO6+. The maximum absolute atomic E-state index is 10.5. The van der Waals surface area contributed by atoms with E-state index >= 15 is 0 Å². The Labute approximate surface area is 77.0 Å². The third kappa shape index (κ3) is 1.42. The van der Waals surface area contributed by atoms with Crippen LogP contribution in [0.15, 0.2) is 12.1 Å². The predicted octanol–water partition coefficient (Wildman–Crippen LogP) is 0.436. The molecule has 0 saturated heterocycles. The summed E-state index contributed by atoms with van der Waals surface area (Å²) >= 11 is 0. The van der Waals surface area contributed by atoms with Gasteiger partial charge in [-0.2, -0.15) is 0 Å². The van der Waals surface area contributed by atoms with Crippen molar-refractivity contribution in [3.63, 3.8) is 0 Å². The molecule has 0 fully saturated rings. The summed E-state index contributed by atoms with van der Waals surface area (Å²) < 4.78 is 0. The van der Waals surface area contributed by atoms with Crippen LogP contribution in [0.3, 0.4) is 0 Å². The topological polar surface area (TPSA) is 124 Å². The van der Waals surface area contributed by atoms with Crippen molar-refractivity contribution in [2.24, 2.45) is 0 Å². The van der Waals surface area contributed by atoms with E-state index in [1.54, 1.807) is 0 Å². The van der Waals surface area contributed by atoms with Gasteiger partial charge in [0.05, 0.1) is 4.92 Å². The van der Waals surface area contributed by atoms with E-state index in [1.165, 1.54) is 0 Å². The zero-order valence-corrected chi connectivity index (χ0v) is 6.72. The van der Waals surface area contributed by atoms with E-state index in [1.807, 2.05) is 0 Å². The van der Waals surface area contributed by atoms with Gasteiger partial charge in [0.2, 0.25) is 0 Å². The van der Waals surface area contributed by atoms with E-state index in [0.29, 0.717) is 0 Å². The van der Waals surface area contributed by atoms with Crippen molar-refractivity contribution in [1.29, 1.82) is 0 Å². The standard InChI is InChI=1S/C7H5NO6/c9-5-3(7(11)12)1-2-4(6(5)10)8(13)14/h1-2,9-10H,(H,11,12)/p+1. The number of carbonyl (C=O) groups is 1. The Morgan fingerprint density at radius 3 is 2.50 bits per heavy atom. The molecule has 0 radical (unpaired) electrons. The van der Waals surface area contributed by atoms with Crippen molar-refractivity contribution in [2.75, 3.05) is 0 Å². The molecule has 0 aliphatic rings. The summed E-state index contributed by atoms with van der Waals surface area (Å²) in [6, 6.07) is 1.75. The first-order chi connectivity index (χ1) is 6.45. The lowest BCUT2D eigenvalue weighted by Crippen LogP contribution is -1.98. The highest BCUT2D eigenvalue weighted by Gasteiger charge is 2.26. The van der Waals surface area contributed by atoms with Crippen LogP contribution in [0.4, 0.5) is 5.69 Å². The maximum atomic E-state index is 10.5. The number of phenolic OH excluding ortho intramolecular Hbond substituents is 1. The molecular weight excluding hydrogens is 194 g/mol. The van der Waals surface area contributed by atoms with Crippen LogP contribution in [0.2, 0.25) is 0 Å². The lowest BCUT2D eigenvalue weighted by atomic mass is 10.1. The molecule has 0 unspecified atom stereocenters. The highest BCUT2D eigenvalue weighted by molar-refractivity contribution is 5.92. The van der Waals surface area contributed by atoms with Gasteiger partial charge < -0.3 is 15.3 Å². The van der Waals surface area contributed by atoms with Gasteiger partial charge in [0.25, 0.3) is 5.75 Å². The van der Waals surface area contributed by atoms with E-state index in [9.17, 15) is 14.9 Å². The van der Waals surface area contributed by atoms with Crippen molar-refractivity contribution in [1.82, 2.24) is 0 Å². The fourth-order valence-corrected chi connectivity index (χ4v) is 0.906. The molecule has 14 heavy (non-hydrogen) atoms. The molecule has 0 aliphatic heterocycles. The highest BCUT2D eigenvalue weighted by atomic mass is 16.6. The van der Waals surface area contributed by atoms with Crippen LogP contribution >= 0.6 is 0 Å². The van der Waals surface area contributed by atoms with Gasteiger partial charge in [-0.25, -0.2) is 4.79 Å². The fraction of sp³-hybridized carbons (Fsp3) is 0. The number of aromatic carboxylic acids is 1. The van der Waals surface area contributed by atoms with Gasteiger partial charge in [-0.15, -0.1) is 0 Å². The molecule has 0 aliphatic carbocycles. The van der Waals surface area contributed by atoms with E-state index < -0.39 is 33.6 Å². The van der Waals surface area contributed by atoms with Crippen molar-refractivity contribution in [3.05, 3.63) is 27.8 Å². The predicted molar refractivity (Wildman–Crippen MR) is 44.8 cm³/mol. The molecule has 0 amide bonds. The monoisotopic (exact) mass is 200 g/mol. The number of nitro benzene ring substituents is 1. The zero-order chi connectivity index (χ0) is 10.9. The van der Waals surface area contributed by atoms with Gasteiger partial charge in [0, 0.05) is 6.07 Å². The molecule has 0 bridgehead atoms. The lowest BCUT2D eigenvalue weighted by Gasteiger charge is -1.98. The minimum absolute atomic E-state index is 0.479. The van der Waals surface area contributed by atoms with Gasteiger partial charge in [0.15, 0.2) is 5.56 Å². The first-order valence-corrected chi connectivity index (χ1v) is 3.40. The SMILES string of the molecule is O=C(O)c1ccc([N+](=O)[O-])c(O)c1[OH2+]. The number of benzene rings is 1. The molecule has 1 rings (SSSR count). The van der Waals surface area contributed by atoms with Gasteiger partial charge in [-0.3, -0.25) is 10.1 Å². The van der Waals surface area contributed by atoms with Crippen LogP contribution in [0.5, 0.6) is 11.5 Å². The quantitative estimate of drug-likeness (QED) is 0.407. The highest BCUT2D eigenvalue weighted by Crippen LogP contribution is 2.37. The molecule has 0 saturated carbocycles. The van der Waals surface area contributed by atoms with E-state index in [4.69, 9.17) is 15.3 Å². The Morgan fingerprint density at radius 1 is 1.50 bits per heavy atom. The number of nitrogens with zero attached hydrogens (tertiary/aromatic N) is 1. The molecule has 1 aromatic carbocycles. The molecule has 7 nitrogen and oxygen atoms in total. The molecule has 74 valence electrons. The minimum atomic E-state index is -1.42. The Morgan fingerprint density at radius 2 is 2.07 bits per heavy atom. The summed E-state index contributed by atoms with van der Waals surface area (Å²) in [5.41, 5.74) is -1.16. The van der Waals surface area contributed by atoms with Crippen LogP contribution in [-0.2, 0) is 0 Å². The van der Waals surface area contributed by atoms with Crippen LogP contribution < -0.4 is 0 Å². The van der Waals surface area contributed by atoms with Crippen molar-refractivity contribution < 1.29 is 25.0 Å². The molecule has 1 aromatic rings. The van der Waals surface area contributed by atoms with Crippen molar-refractivity contribution >= 4 is 11.7 Å². The second-order valence-electron chi connectivity index (χ2n) is 2.42. The summed E-state index contributed by atoms with van der Waals surface area (Å²) in [5, 5.41) is 35.0. The first-order valence-electron chi connectivity index (χ1n) is 3.40. The minimum Gasteiger partial charge on any atom is -0.590 e. The van der Waals surface area contributed by atoms with Crippen LogP contribution in [0.25, 0.3) is 0 Å². The third-order valence-electron chi connectivity index (χ3n) is 1.58. The number of nitro groups is 1. The van der Waals surface area contributed by atoms with Crippen molar-refractivity contribution in [2.45, 2.75) is 0 Å². The summed E-state index contributed by atoms with van der Waals surface area (Å²) in [7, 11) is 0. The zero-order valence-electron chi connectivity index (χ0n) is 6.72. The van der Waals surface area contributed by atoms with Crippen LogP contribution in [-0.4, -0.2) is 26.2 Å². The number of hydrogen-bond acceptors (Lipinski definition) is 4. The summed E-state index contributed by atoms with van der Waals surface area (Å²) in [4.78, 5) is 19.8. The Hall–Kier alpha value is -2.31. The Balaban J connectivity index is 3.41. The third-order valence-corrected chi connectivity index (χ3v) is 1.58. The normalized spacial score (nSPS) is 9.71. The van der Waals surface area contributed by atoms with E-state index in [-0.39, 0.29) is 0 Å². The Bertz CT molecular complexity index is 374. The average molecular weight is 200 g/mol. The number of carboxylic acids is 1. The number of phenols is 1. The van der Waals surface area contributed by atoms with E-state index in [2.05, 4.69) is 0 Å². The van der Waals surface area contributed by atoms with Gasteiger partial charge in [0.1, 0.15) is 0 Å². The summed E-state index contributed by atoms with van der Waals surface area (Å²) in [6.07, 6.45) is 0. The molecule has 0 atom stereocenters. The number of carboxylic acid groups (broad SMARTS) is 1. The first kappa shape index (κ1) is 9.78. The molecule has 7 heteroatoms. The largest absolute Gasteiger partial charge is 0.590 e. The smallest absolute Gasteiger partial charge is 0.345 e. The molecule has 0 aromatic heterocycles. The second-order valence-corrected chi connectivity index (χ2v) is 2.42. The van der Waals surface area contributed by atoms with Crippen molar-refractivity contribution in [3.8, 4) is 11.5 Å². The molecule has 0 heterocycles. The lowest BCUT2D eigenvalue weighted by molar-refractivity contribution is -0.386. The average Bonchev–Trinajstić information content (AvgIpc) is 2.08. The van der Waals surface area contributed by atoms with Crippen LogP contribution in [0.1, 0.15) is 10.4 Å². The molecule has 0 spiro atoms. The van der Waals surface area contributed by atoms with Gasteiger partial charge in [-0.05, 0) is 6.07 Å². The fourth-order valence-electron chi connectivity index (χ4n) is 0.906. The van der Waals surface area contributed by atoms with Gasteiger partial charge in [-0.1, -0.05) is 0 Å². The summed E-state index contributed by atoms with van der Waals surface area (Å²) in [6.45, 7) is 0. The number of aromatic hydroxyl groups is 1. The number of rotatable bonds is 2. The second kappa shape index (κ2) is 3.21. The summed E-state index contributed by atoms with van der Waals surface area (Å²) in [5.74, 6) is -3.11. The van der Waals surface area contributed by atoms with Crippen LogP contribution in [0, 0.1) is 10.1 Å². The Kier molecular flexibility index (Phi) is 2.24. The number of hydrogen-bond donors (Lipinski definition) is 2. The van der Waals surface area contributed by atoms with Gasteiger partial charge >= 0.3 is 17.4 Å². The molecule has 4 N–H and O–H groups in total.